The Balaban J connectivity index is 1.55. The zero-order chi connectivity index (χ0) is 24.3. The van der Waals surface area contributed by atoms with E-state index in [1.165, 1.54) is 0 Å². The number of benzene rings is 2. The van der Waals surface area contributed by atoms with Crippen LogP contribution in [0.3, 0.4) is 0 Å². The number of carbonyl (C=O) groups excluding carboxylic acids is 1. The van der Waals surface area contributed by atoms with Crippen LogP contribution in [0.15, 0.2) is 42.5 Å². The first-order valence-corrected chi connectivity index (χ1v) is 13.3. The van der Waals surface area contributed by atoms with Crippen LogP contribution < -0.4 is 4.72 Å². The fourth-order valence-electron chi connectivity index (χ4n) is 4.52. The maximum absolute atomic E-state index is 13.3. The highest BCUT2D eigenvalue weighted by molar-refractivity contribution is 7.92. The van der Waals surface area contributed by atoms with Gasteiger partial charge in [-0.15, -0.1) is 0 Å². The fraction of sp³-hybridized carbons (Fsp3) is 0.423. The van der Waals surface area contributed by atoms with Gasteiger partial charge in [0, 0.05) is 38.7 Å². The van der Waals surface area contributed by atoms with Crippen LogP contribution in [0, 0.1) is 11.8 Å². The lowest BCUT2D eigenvalue weighted by molar-refractivity contribution is -0.131. The zero-order valence-electron chi connectivity index (χ0n) is 19.6. The van der Waals surface area contributed by atoms with E-state index in [9.17, 15) is 18.3 Å². The van der Waals surface area contributed by atoms with Crippen molar-refractivity contribution in [3.8, 4) is 11.8 Å². The Morgan fingerprint density at radius 2 is 2.12 bits per heavy atom. The molecule has 0 unspecified atom stereocenters. The molecule has 2 aliphatic rings. The Labute approximate surface area is 201 Å². The molecule has 180 valence electrons. The van der Waals surface area contributed by atoms with Gasteiger partial charge in [-0.3, -0.25) is 14.4 Å². The number of aliphatic hydroxyl groups excluding tert-OH is 1. The van der Waals surface area contributed by atoms with E-state index < -0.39 is 10.0 Å². The van der Waals surface area contributed by atoms with Crippen molar-refractivity contribution in [1.29, 1.82) is 0 Å². The van der Waals surface area contributed by atoms with E-state index in [-0.39, 0.29) is 30.2 Å². The number of aliphatic hydroxyl groups is 1. The molecule has 2 atom stereocenters. The lowest BCUT2D eigenvalue weighted by Gasteiger charge is -2.32. The van der Waals surface area contributed by atoms with Gasteiger partial charge in [0.25, 0.3) is 0 Å². The minimum absolute atomic E-state index is 0.0303. The highest BCUT2D eigenvalue weighted by Crippen LogP contribution is 2.29. The minimum atomic E-state index is -3.33. The number of likely N-dealkylation sites (N-methyl/N-ethyl adjacent to an activating group) is 1. The van der Waals surface area contributed by atoms with Crippen LogP contribution in [0.25, 0.3) is 0 Å². The third kappa shape index (κ3) is 5.79. The van der Waals surface area contributed by atoms with Gasteiger partial charge in [0.1, 0.15) is 0 Å². The molecule has 7 nitrogen and oxygen atoms in total. The average molecular weight is 482 g/mol. The monoisotopic (exact) mass is 481 g/mol. The van der Waals surface area contributed by atoms with Gasteiger partial charge in [-0.25, -0.2) is 8.42 Å². The number of fused-ring (bicyclic) bond motifs is 1. The Bertz CT molecular complexity index is 1230. The molecule has 0 radical (unpaired) electrons. The molecular formula is C26H31N3O4S. The second-order valence-corrected chi connectivity index (χ2v) is 10.8. The van der Waals surface area contributed by atoms with Crippen molar-refractivity contribution in [2.75, 3.05) is 31.4 Å². The topological polar surface area (TPSA) is 89.9 Å². The van der Waals surface area contributed by atoms with Gasteiger partial charge in [0.05, 0.1) is 30.0 Å². The minimum Gasteiger partial charge on any atom is -0.392 e. The average Bonchev–Trinajstić information content (AvgIpc) is 3.35. The number of β-amino-alcohol motifs (C(OH)–C–C–N with tert-alkyl or cyclic N) is 1. The summed E-state index contributed by atoms with van der Waals surface area (Å²) in [6.07, 6.45) is 1.34. The van der Waals surface area contributed by atoms with Gasteiger partial charge >= 0.3 is 0 Å². The molecule has 0 aliphatic carbocycles. The predicted octanol–water partition coefficient (Wildman–Crippen LogP) is 2.51. The lowest BCUT2D eigenvalue weighted by Crippen LogP contribution is -2.39. The van der Waals surface area contributed by atoms with E-state index in [1.54, 1.807) is 24.1 Å². The van der Waals surface area contributed by atoms with Crippen molar-refractivity contribution in [3.63, 3.8) is 0 Å². The first-order valence-electron chi connectivity index (χ1n) is 11.6. The number of anilines is 1. The molecule has 1 saturated heterocycles. The largest absolute Gasteiger partial charge is 0.392 e. The van der Waals surface area contributed by atoms with E-state index in [4.69, 9.17) is 0 Å². The van der Waals surface area contributed by atoms with Crippen LogP contribution in [0.4, 0.5) is 5.69 Å². The van der Waals surface area contributed by atoms with Crippen molar-refractivity contribution >= 4 is 21.6 Å². The predicted molar refractivity (Wildman–Crippen MR) is 133 cm³/mol. The number of rotatable bonds is 6. The third-order valence-corrected chi connectivity index (χ3v) is 7.58. The fourth-order valence-corrected chi connectivity index (χ4v) is 5.78. The van der Waals surface area contributed by atoms with Crippen molar-refractivity contribution in [1.82, 2.24) is 9.80 Å². The summed E-state index contributed by atoms with van der Waals surface area (Å²) in [7, 11) is -1.52. The molecule has 1 amide bonds. The lowest BCUT2D eigenvalue weighted by atomic mass is 10.0. The first-order chi connectivity index (χ1) is 16.2. The molecular weight excluding hydrogens is 450 g/mol. The molecule has 2 aromatic carbocycles. The van der Waals surface area contributed by atoms with Gasteiger partial charge in [0.15, 0.2) is 0 Å². The van der Waals surface area contributed by atoms with Crippen molar-refractivity contribution in [2.45, 2.75) is 44.1 Å². The summed E-state index contributed by atoms with van der Waals surface area (Å²) in [5.41, 5.74) is 3.95. The molecule has 2 aliphatic heterocycles. The summed E-state index contributed by atoms with van der Waals surface area (Å²) in [6, 6.07) is 13.1. The number of hydrogen-bond donors (Lipinski definition) is 2. The summed E-state index contributed by atoms with van der Waals surface area (Å²) in [4.78, 5) is 17.3. The van der Waals surface area contributed by atoms with Crippen molar-refractivity contribution < 1.29 is 18.3 Å². The second kappa shape index (κ2) is 10.2. The number of carbonyl (C=O) groups is 1. The Morgan fingerprint density at radius 1 is 1.29 bits per heavy atom. The quantitative estimate of drug-likeness (QED) is 0.619. The van der Waals surface area contributed by atoms with E-state index in [2.05, 4.69) is 21.5 Å². The molecule has 1 fully saturated rings. The van der Waals surface area contributed by atoms with Gasteiger partial charge in [0.2, 0.25) is 15.9 Å². The van der Waals surface area contributed by atoms with E-state index >= 15 is 0 Å². The van der Waals surface area contributed by atoms with Crippen LogP contribution in [-0.4, -0.2) is 62.0 Å². The third-order valence-electron chi connectivity index (χ3n) is 6.36. The number of likely N-dealkylation sites (tertiary alicyclic amines) is 1. The summed E-state index contributed by atoms with van der Waals surface area (Å²) in [6.45, 7) is 4.02. The van der Waals surface area contributed by atoms with E-state index in [0.29, 0.717) is 18.8 Å². The maximum atomic E-state index is 13.3. The van der Waals surface area contributed by atoms with Gasteiger partial charge in [-0.05, 0) is 41.3 Å². The first kappa shape index (κ1) is 24.3. The summed E-state index contributed by atoms with van der Waals surface area (Å²) < 4.78 is 26.2. The van der Waals surface area contributed by atoms with Crippen LogP contribution in [0.2, 0.25) is 0 Å². The molecule has 2 N–H and O–H groups in total. The molecule has 8 heteroatoms. The highest BCUT2D eigenvalue weighted by atomic mass is 32.2. The van der Waals surface area contributed by atoms with Crippen LogP contribution in [0.5, 0.6) is 0 Å². The maximum Gasteiger partial charge on any atom is 0.237 e. The molecule has 0 bridgehead atoms. The van der Waals surface area contributed by atoms with E-state index in [0.717, 1.165) is 41.6 Å². The molecule has 2 heterocycles. The summed E-state index contributed by atoms with van der Waals surface area (Å²) in [5.74, 6) is 6.17. The Hall–Kier alpha value is -2.86. The molecule has 0 spiro atoms. The number of nitrogens with zero attached hydrogens (tertiary/aromatic N) is 2. The number of amides is 1. The molecule has 2 aromatic rings. The normalized spacial score (nSPS) is 19.6. The Morgan fingerprint density at radius 3 is 2.85 bits per heavy atom. The van der Waals surface area contributed by atoms with Crippen LogP contribution in [0.1, 0.15) is 48.1 Å². The number of nitrogens with one attached hydrogen (secondary N) is 1. The number of sulfonamides is 1. The van der Waals surface area contributed by atoms with Crippen LogP contribution in [-0.2, 0) is 27.0 Å². The van der Waals surface area contributed by atoms with Gasteiger partial charge in [-0.1, -0.05) is 43.0 Å². The standard InChI is InChI=1S/C26H31N3O4S/c1-3-4-6-19-7-5-8-21(13-19)25(17-29-12-11-23(30)16-29)28(2)26(31)15-20-9-10-22-18-34(32,33)27-24(22)14-20/h5,7-10,13-14,23,25,27,30H,3,11-12,15-18H2,1-2H3/t23-,25-/m1/s1. The molecule has 0 aromatic heterocycles. The van der Waals surface area contributed by atoms with Gasteiger partial charge in [-0.2, -0.15) is 0 Å². The second-order valence-electron chi connectivity index (χ2n) is 9.03. The summed E-state index contributed by atoms with van der Waals surface area (Å²) in [5, 5.41) is 9.99. The molecule has 4 rings (SSSR count). The van der Waals surface area contributed by atoms with E-state index in [1.807, 2.05) is 37.3 Å². The highest BCUT2D eigenvalue weighted by Gasteiger charge is 2.29. The van der Waals surface area contributed by atoms with Crippen molar-refractivity contribution in [3.05, 3.63) is 64.7 Å². The zero-order valence-corrected chi connectivity index (χ0v) is 20.4. The van der Waals surface area contributed by atoms with Crippen molar-refractivity contribution in [2.24, 2.45) is 0 Å². The van der Waals surface area contributed by atoms with Gasteiger partial charge < -0.3 is 10.0 Å². The summed E-state index contributed by atoms with van der Waals surface area (Å²) >= 11 is 0. The number of hydrogen-bond acceptors (Lipinski definition) is 5. The Kier molecular flexibility index (Phi) is 7.27. The SMILES string of the molecule is CCC#Cc1cccc([C@@H](CN2CC[C@@H](O)C2)N(C)C(=O)Cc2ccc3c(c2)NS(=O)(=O)C3)c1. The molecule has 0 saturated carbocycles. The van der Waals surface area contributed by atoms with Crippen LogP contribution >= 0.6 is 0 Å². The smallest absolute Gasteiger partial charge is 0.237 e. The molecule has 34 heavy (non-hydrogen) atoms.